The van der Waals surface area contributed by atoms with Gasteiger partial charge in [-0.3, -0.25) is 0 Å². The van der Waals surface area contributed by atoms with Gasteiger partial charge in [0.1, 0.15) is 5.75 Å². The Bertz CT molecular complexity index is 561. The van der Waals surface area contributed by atoms with Crippen LogP contribution in [0.2, 0.25) is 0 Å². The zero-order chi connectivity index (χ0) is 14.4. The molecule has 3 heteroatoms. The van der Waals surface area contributed by atoms with Crippen molar-refractivity contribution < 1.29 is 9.94 Å². The number of oxime groups is 1. The van der Waals surface area contributed by atoms with E-state index < -0.39 is 0 Å². The molecule has 3 nitrogen and oxygen atoms in total. The van der Waals surface area contributed by atoms with Crippen LogP contribution in [0.4, 0.5) is 0 Å². The molecule has 0 radical (unpaired) electrons. The van der Waals surface area contributed by atoms with E-state index in [1.165, 1.54) is 11.1 Å². The van der Waals surface area contributed by atoms with Gasteiger partial charge < -0.3 is 9.94 Å². The van der Waals surface area contributed by atoms with Crippen LogP contribution in [-0.4, -0.2) is 18.0 Å². The molecule has 2 rings (SSSR count). The third kappa shape index (κ3) is 3.38. The van der Waals surface area contributed by atoms with Crippen LogP contribution in [0.25, 0.3) is 0 Å². The van der Waals surface area contributed by atoms with E-state index >= 15 is 0 Å². The maximum atomic E-state index is 8.93. The second-order valence-corrected chi connectivity index (χ2v) is 4.78. The molecule has 0 amide bonds. The van der Waals surface area contributed by atoms with Crippen molar-refractivity contribution in [1.29, 1.82) is 0 Å². The fourth-order valence-corrected chi connectivity index (χ4v) is 2.29. The topological polar surface area (TPSA) is 41.8 Å². The molecule has 1 N–H and O–H groups in total. The highest BCUT2D eigenvalue weighted by molar-refractivity contribution is 5.82. The summed E-state index contributed by atoms with van der Waals surface area (Å²) in [5, 5.41) is 12.2. The largest absolute Gasteiger partial charge is 0.497 e. The quantitative estimate of drug-likeness (QED) is 0.505. The van der Waals surface area contributed by atoms with Crippen LogP contribution in [0.15, 0.2) is 59.8 Å². The van der Waals surface area contributed by atoms with Crippen LogP contribution in [0.1, 0.15) is 30.4 Å². The lowest BCUT2D eigenvalue weighted by atomic mass is 9.87. The Morgan fingerprint density at radius 1 is 1.05 bits per heavy atom. The summed E-state index contributed by atoms with van der Waals surface area (Å²) in [6, 6.07) is 18.3. The van der Waals surface area contributed by atoms with Crippen LogP contribution in [-0.2, 0) is 0 Å². The molecular formula is C17H19NO2. The van der Waals surface area contributed by atoms with Crippen molar-refractivity contribution in [3.63, 3.8) is 0 Å². The Morgan fingerprint density at radius 2 is 1.65 bits per heavy atom. The minimum atomic E-state index is 0.179. The number of ether oxygens (including phenoxy) is 1. The Balaban J connectivity index is 2.35. The van der Waals surface area contributed by atoms with Gasteiger partial charge in [0, 0.05) is 5.92 Å². The fraction of sp³-hybridized carbons (Fsp3) is 0.235. The van der Waals surface area contributed by atoms with Gasteiger partial charge in [0.15, 0.2) is 0 Å². The molecule has 0 aliphatic heterocycles. The molecule has 0 aromatic heterocycles. The van der Waals surface area contributed by atoms with E-state index in [9.17, 15) is 0 Å². The lowest BCUT2D eigenvalue weighted by Gasteiger charge is -2.18. The fourth-order valence-electron chi connectivity index (χ4n) is 2.29. The van der Waals surface area contributed by atoms with Gasteiger partial charge in [-0.2, -0.15) is 0 Å². The predicted molar refractivity (Wildman–Crippen MR) is 80.8 cm³/mol. The molecule has 2 aromatic rings. The Morgan fingerprint density at radius 3 is 2.20 bits per heavy atom. The van der Waals surface area contributed by atoms with Gasteiger partial charge in [-0.25, -0.2) is 0 Å². The van der Waals surface area contributed by atoms with Crippen molar-refractivity contribution in [2.75, 3.05) is 7.11 Å². The average Bonchev–Trinajstić information content (AvgIpc) is 2.53. The molecule has 0 saturated carbocycles. The number of hydrogen-bond acceptors (Lipinski definition) is 3. The molecule has 0 spiro atoms. The van der Waals surface area contributed by atoms with Crippen LogP contribution in [0.3, 0.4) is 0 Å². The standard InChI is InChI=1S/C17H19NO2/c1-13(18-19)12-17(14-6-4-3-5-7-14)15-8-10-16(20-2)11-9-15/h3-11,17,19H,12H2,1-2H3. The molecule has 0 aliphatic rings. The van der Waals surface area contributed by atoms with E-state index in [4.69, 9.17) is 9.94 Å². The lowest BCUT2D eigenvalue weighted by Crippen LogP contribution is -2.06. The van der Waals surface area contributed by atoms with Crippen LogP contribution < -0.4 is 4.74 Å². The number of methoxy groups -OCH3 is 1. The molecule has 0 bridgehead atoms. The smallest absolute Gasteiger partial charge is 0.118 e. The van der Waals surface area contributed by atoms with Crippen molar-refractivity contribution in [3.8, 4) is 5.75 Å². The number of nitrogens with zero attached hydrogens (tertiary/aromatic N) is 1. The first kappa shape index (κ1) is 14.1. The normalized spacial score (nSPS) is 13.0. The molecule has 1 atom stereocenters. The van der Waals surface area contributed by atoms with Crippen LogP contribution >= 0.6 is 0 Å². The number of rotatable bonds is 5. The van der Waals surface area contributed by atoms with Gasteiger partial charge in [-0.15, -0.1) is 0 Å². The zero-order valence-corrected chi connectivity index (χ0v) is 11.8. The van der Waals surface area contributed by atoms with Crippen molar-refractivity contribution >= 4 is 5.71 Å². The summed E-state index contributed by atoms with van der Waals surface area (Å²) in [5.41, 5.74) is 3.11. The Hall–Kier alpha value is -2.29. The minimum absolute atomic E-state index is 0.179. The Kier molecular flexibility index (Phi) is 4.77. The van der Waals surface area contributed by atoms with E-state index in [0.29, 0.717) is 6.42 Å². The van der Waals surface area contributed by atoms with Gasteiger partial charge in [-0.1, -0.05) is 47.6 Å². The highest BCUT2D eigenvalue weighted by atomic mass is 16.5. The molecule has 1 unspecified atom stereocenters. The average molecular weight is 269 g/mol. The highest BCUT2D eigenvalue weighted by Crippen LogP contribution is 2.29. The molecule has 0 saturated heterocycles. The van der Waals surface area contributed by atoms with Gasteiger partial charge in [0.05, 0.1) is 12.8 Å². The van der Waals surface area contributed by atoms with Crippen LogP contribution in [0.5, 0.6) is 5.75 Å². The summed E-state index contributed by atoms with van der Waals surface area (Å²) in [5.74, 6) is 1.02. The van der Waals surface area contributed by atoms with E-state index in [1.54, 1.807) is 7.11 Å². The van der Waals surface area contributed by atoms with Crippen LogP contribution in [0, 0.1) is 0 Å². The second-order valence-electron chi connectivity index (χ2n) is 4.78. The number of hydrogen-bond donors (Lipinski definition) is 1. The third-order valence-corrected chi connectivity index (χ3v) is 3.39. The molecular weight excluding hydrogens is 250 g/mol. The van der Waals surface area contributed by atoms with Gasteiger partial charge in [0.25, 0.3) is 0 Å². The monoisotopic (exact) mass is 269 g/mol. The van der Waals surface area contributed by atoms with Crippen molar-refractivity contribution in [1.82, 2.24) is 0 Å². The summed E-state index contributed by atoms with van der Waals surface area (Å²) in [6.07, 6.45) is 0.687. The first-order valence-electron chi connectivity index (χ1n) is 6.61. The van der Waals surface area contributed by atoms with Crippen molar-refractivity contribution in [2.45, 2.75) is 19.3 Å². The van der Waals surface area contributed by atoms with Gasteiger partial charge >= 0.3 is 0 Å². The summed E-state index contributed by atoms with van der Waals surface area (Å²) < 4.78 is 5.19. The number of benzene rings is 2. The third-order valence-electron chi connectivity index (χ3n) is 3.39. The van der Waals surface area contributed by atoms with Gasteiger partial charge in [0.2, 0.25) is 0 Å². The van der Waals surface area contributed by atoms with Crippen molar-refractivity contribution in [2.24, 2.45) is 5.16 Å². The second kappa shape index (κ2) is 6.75. The molecule has 0 aliphatic carbocycles. The minimum Gasteiger partial charge on any atom is -0.497 e. The van der Waals surface area contributed by atoms with E-state index in [-0.39, 0.29) is 5.92 Å². The van der Waals surface area contributed by atoms with E-state index in [2.05, 4.69) is 29.4 Å². The maximum absolute atomic E-state index is 8.93. The maximum Gasteiger partial charge on any atom is 0.118 e. The Labute approximate surface area is 119 Å². The first-order valence-corrected chi connectivity index (χ1v) is 6.61. The van der Waals surface area contributed by atoms with Crippen molar-refractivity contribution in [3.05, 3.63) is 65.7 Å². The SMILES string of the molecule is COc1ccc(C(CC(C)=NO)c2ccccc2)cc1. The first-order chi connectivity index (χ1) is 9.74. The molecule has 2 aromatic carbocycles. The van der Waals surface area contributed by atoms with E-state index in [1.807, 2.05) is 37.3 Å². The summed E-state index contributed by atoms with van der Waals surface area (Å²) in [6.45, 7) is 1.83. The summed E-state index contributed by atoms with van der Waals surface area (Å²) in [4.78, 5) is 0. The predicted octanol–water partition coefficient (Wildman–Crippen LogP) is 4.07. The summed E-state index contributed by atoms with van der Waals surface area (Å²) >= 11 is 0. The molecule has 20 heavy (non-hydrogen) atoms. The molecule has 104 valence electrons. The zero-order valence-electron chi connectivity index (χ0n) is 11.8. The summed E-state index contributed by atoms with van der Waals surface area (Å²) in [7, 11) is 1.66. The van der Waals surface area contributed by atoms with E-state index in [0.717, 1.165) is 11.5 Å². The van der Waals surface area contributed by atoms with Gasteiger partial charge in [-0.05, 0) is 36.6 Å². The molecule has 0 fully saturated rings. The molecule has 0 heterocycles. The highest BCUT2D eigenvalue weighted by Gasteiger charge is 2.15. The lowest BCUT2D eigenvalue weighted by molar-refractivity contribution is 0.317.